The number of amides is 3. The lowest BCUT2D eigenvalue weighted by Crippen LogP contribution is -2.25. The normalized spacial score (nSPS) is 10.3. The van der Waals surface area contributed by atoms with Gasteiger partial charge in [-0.3, -0.25) is 14.4 Å². The molecule has 0 aromatic heterocycles. The molecule has 0 saturated carbocycles. The van der Waals surface area contributed by atoms with Crippen molar-refractivity contribution in [2.45, 2.75) is 13.0 Å². The second kappa shape index (κ2) is 13.5. The van der Waals surface area contributed by atoms with Crippen molar-refractivity contribution in [1.82, 2.24) is 10.6 Å². The van der Waals surface area contributed by atoms with Crippen LogP contribution in [0.1, 0.15) is 32.7 Å². The van der Waals surface area contributed by atoms with Crippen molar-refractivity contribution in [1.29, 1.82) is 0 Å². The molecule has 35 heavy (non-hydrogen) atoms. The van der Waals surface area contributed by atoms with E-state index >= 15 is 0 Å². The second-order valence-electron chi connectivity index (χ2n) is 7.83. The molecule has 0 aliphatic rings. The van der Waals surface area contributed by atoms with Crippen molar-refractivity contribution >= 4 is 29.1 Å². The van der Waals surface area contributed by atoms with Crippen molar-refractivity contribution in [3.05, 3.63) is 95.6 Å². The second-order valence-corrected chi connectivity index (χ2v) is 7.83. The summed E-state index contributed by atoms with van der Waals surface area (Å²) in [5, 5.41) is 11.5. The Morgan fingerprint density at radius 3 is 2.26 bits per heavy atom. The third-order valence-corrected chi connectivity index (χ3v) is 5.12. The highest BCUT2D eigenvalue weighted by molar-refractivity contribution is 5.98. The van der Waals surface area contributed by atoms with E-state index in [9.17, 15) is 14.4 Å². The molecule has 0 spiro atoms. The van der Waals surface area contributed by atoms with Crippen molar-refractivity contribution < 1.29 is 19.1 Å². The van der Waals surface area contributed by atoms with Crippen LogP contribution in [0.4, 0.5) is 11.4 Å². The minimum absolute atomic E-state index is 0.0347. The smallest absolute Gasteiger partial charge is 0.251 e. The van der Waals surface area contributed by atoms with E-state index < -0.39 is 0 Å². The van der Waals surface area contributed by atoms with E-state index in [0.717, 1.165) is 12.0 Å². The average molecular weight is 475 g/mol. The Morgan fingerprint density at radius 1 is 0.771 bits per heavy atom. The molecule has 182 valence electrons. The van der Waals surface area contributed by atoms with E-state index in [-0.39, 0.29) is 24.3 Å². The third kappa shape index (κ3) is 8.60. The standard InChI is InChI=1S/C27H30N4O4/c1-35-16-6-15-28-26(33)21-11-13-23(14-12-21)29-19-25(32)31-24-10-5-9-22(17-24)27(34)30-18-20-7-3-2-4-8-20/h2-5,7-14,17,29H,6,15-16,18-19H2,1H3,(H,28,33)(H,30,34)(H,31,32). The van der Waals surface area contributed by atoms with Gasteiger partial charge in [0, 0.05) is 49.3 Å². The molecule has 0 radical (unpaired) electrons. The quantitative estimate of drug-likeness (QED) is 0.301. The average Bonchev–Trinajstić information content (AvgIpc) is 2.89. The predicted molar refractivity (Wildman–Crippen MR) is 136 cm³/mol. The third-order valence-electron chi connectivity index (χ3n) is 5.12. The van der Waals surface area contributed by atoms with Gasteiger partial charge in [-0.2, -0.15) is 0 Å². The molecule has 0 bridgehead atoms. The summed E-state index contributed by atoms with van der Waals surface area (Å²) < 4.78 is 4.96. The lowest BCUT2D eigenvalue weighted by Gasteiger charge is -2.10. The van der Waals surface area contributed by atoms with Crippen LogP contribution in [-0.2, 0) is 16.1 Å². The summed E-state index contributed by atoms with van der Waals surface area (Å²) in [6, 6.07) is 23.3. The molecule has 0 atom stereocenters. The Balaban J connectivity index is 1.44. The van der Waals surface area contributed by atoms with Crippen LogP contribution in [-0.4, -0.2) is 44.5 Å². The molecule has 0 unspecified atom stereocenters. The molecule has 3 aromatic rings. The molecule has 0 fully saturated rings. The first-order valence-corrected chi connectivity index (χ1v) is 11.4. The highest BCUT2D eigenvalue weighted by atomic mass is 16.5. The summed E-state index contributed by atoms with van der Waals surface area (Å²) in [6.45, 7) is 1.60. The number of ether oxygens (including phenoxy) is 1. The van der Waals surface area contributed by atoms with Gasteiger partial charge in [0.1, 0.15) is 0 Å². The molecular weight excluding hydrogens is 444 g/mol. The van der Waals surface area contributed by atoms with Crippen molar-refractivity contribution in [3.8, 4) is 0 Å². The van der Waals surface area contributed by atoms with Gasteiger partial charge in [-0.05, 0) is 54.4 Å². The van der Waals surface area contributed by atoms with Crippen molar-refractivity contribution in [2.75, 3.05) is 37.4 Å². The fraction of sp³-hybridized carbons (Fsp3) is 0.222. The van der Waals surface area contributed by atoms with E-state index in [0.29, 0.717) is 42.2 Å². The van der Waals surface area contributed by atoms with Crippen molar-refractivity contribution in [2.24, 2.45) is 0 Å². The Hall–Kier alpha value is -4.17. The van der Waals surface area contributed by atoms with Gasteiger partial charge in [-0.25, -0.2) is 0 Å². The summed E-state index contributed by atoms with van der Waals surface area (Å²) in [5.74, 6) is -0.629. The number of nitrogens with one attached hydrogen (secondary N) is 4. The molecule has 0 aliphatic carbocycles. The minimum atomic E-state index is -0.258. The summed E-state index contributed by atoms with van der Waals surface area (Å²) in [4.78, 5) is 36.9. The molecule has 3 rings (SSSR count). The Bertz CT molecular complexity index is 1120. The van der Waals surface area contributed by atoms with Crippen LogP contribution in [0.2, 0.25) is 0 Å². The first-order chi connectivity index (χ1) is 17.0. The lowest BCUT2D eigenvalue weighted by molar-refractivity contribution is -0.114. The van der Waals surface area contributed by atoms with Crippen molar-refractivity contribution in [3.63, 3.8) is 0 Å². The van der Waals surface area contributed by atoms with Crippen LogP contribution in [0.25, 0.3) is 0 Å². The first kappa shape index (κ1) is 25.5. The molecule has 3 aromatic carbocycles. The van der Waals surface area contributed by atoms with Crippen LogP contribution in [0, 0.1) is 0 Å². The Morgan fingerprint density at radius 2 is 1.51 bits per heavy atom. The van der Waals surface area contributed by atoms with E-state index in [4.69, 9.17) is 4.74 Å². The lowest BCUT2D eigenvalue weighted by atomic mass is 10.1. The Kier molecular flexibility index (Phi) is 9.83. The summed E-state index contributed by atoms with van der Waals surface area (Å²) in [6.07, 6.45) is 0.748. The summed E-state index contributed by atoms with van der Waals surface area (Å²) in [7, 11) is 1.62. The zero-order chi connectivity index (χ0) is 24.9. The number of rotatable bonds is 12. The molecular formula is C27H30N4O4. The molecule has 4 N–H and O–H groups in total. The maximum absolute atomic E-state index is 12.5. The number of benzene rings is 3. The largest absolute Gasteiger partial charge is 0.385 e. The highest BCUT2D eigenvalue weighted by Crippen LogP contribution is 2.12. The minimum Gasteiger partial charge on any atom is -0.385 e. The Labute approximate surface area is 205 Å². The first-order valence-electron chi connectivity index (χ1n) is 11.4. The van der Waals surface area contributed by atoms with Gasteiger partial charge >= 0.3 is 0 Å². The SMILES string of the molecule is COCCCNC(=O)c1ccc(NCC(=O)Nc2cccc(C(=O)NCc3ccccc3)c2)cc1. The number of hydrogen-bond acceptors (Lipinski definition) is 5. The zero-order valence-electron chi connectivity index (χ0n) is 19.7. The fourth-order valence-electron chi connectivity index (χ4n) is 3.27. The van der Waals surface area contributed by atoms with Gasteiger partial charge in [0.05, 0.1) is 6.54 Å². The maximum Gasteiger partial charge on any atom is 0.251 e. The molecule has 3 amide bonds. The molecule has 8 nitrogen and oxygen atoms in total. The summed E-state index contributed by atoms with van der Waals surface area (Å²) >= 11 is 0. The van der Waals surface area contributed by atoms with E-state index in [2.05, 4.69) is 21.3 Å². The van der Waals surface area contributed by atoms with Gasteiger partial charge in [-0.15, -0.1) is 0 Å². The van der Waals surface area contributed by atoms with Gasteiger partial charge in [0.15, 0.2) is 0 Å². The van der Waals surface area contributed by atoms with Gasteiger partial charge in [-0.1, -0.05) is 36.4 Å². The van der Waals surface area contributed by atoms with Gasteiger partial charge in [0.2, 0.25) is 5.91 Å². The zero-order valence-corrected chi connectivity index (χ0v) is 19.7. The molecule has 0 saturated heterocycles. The number of carbonyl (C=O) groups is 3. The van der Waals surface area contributed by atoms with Crippen LogP contribution < -0.4 is 21.3 Å². The van der Waals surface area contributed by atoms with Gasteiger partial charge < -0.3 is 26.0 Å². The van der Waals surface area contributed by atoms with E-state index in [1.807, 2.05) is 30.3 Å². The van der Waals surface area contributed by atoms with E-state index in [1.165, 1.54) is 0 Å². The van der Waals surface area contributed by atoms with Crippen LogP contribution in [0.15, 0.2) is 78.9 Å². The number of methoxy groups -OCH3 is 1. The van der Waals surface area contributed by atoms with Gasteiger partial charge in [0.25, 0.3) is 11.8 Å². The topological polar surface area (TPSA) is 109 Å². The maximum atomic E-state index is 12.5. The van der Waals surface area contributed by atoms with Crippen LogP contribution in [0.5, 0.6) is 0 Å². The van der Waals surface area contributed by atoms with Crippen LogP contribution >= 0.6 is 0 Å². The molecule has 0 aliphatic heterocycles. The van der Waals surface area contributed by atoms with E-state index in [1.54, 1.807) is 55.6 Å². The number of carbonyl (C=O) groups excluding carboxylic acids is 3. The van der Waals surface area contributed by atoms with Crippen LogP contribution in [0.3, 0.4) is 0 Å². The predicted octanol–water partition coefficient (Wildman–Crippen LogP) is 3.43. The molecule has 0 heterocycles. The monoisotopic (exact) mass is 474 g/mol. The molecule has 8 heteroatoms. The number of anilines is 2. The fourth-order valence-corrected chi connectivity index (χ4v) is 3.27. The summed E-state index contributed by atoms with van der Waals surface area (Å²) in [5.41, 5.74) is 3.25. The highest BCUT2D eigenvalue weighted by Gasteiger charge is 2.09. The number of hydrogen-bond donors (Lipinski definition) is 4.